The molecule has 0 spiro atoms. The molecule has 0 aliphatic heterocycles. The fraction of sp³-hybridized carbons (Fsp3) is 0.300. The van der Waals surface area contributed by atoms with Crippen LogP contribution < -0.4 is 0 Å². The summed E-state index contributed by atoms with van der Waals surface area (Å²) in [5, 5.41) is 0. The molecule has 0 unspecified atom stereocenters. The molecule has 0 amide bonds. The zero-order valence-corrected chi connectivity index (χ0v) is 11.4. The minimum Gasteiger partial charge on any atom is -0.0848 e. The lowest BCUT2D eigenvalue weighted by molar-refractivity contribution is 0.478. The van der Waals surface area contributed by atoms with Crippen LogP contribution in [-0.4, -0.2) is 0 Å². The van der Waals surface area contributed by atoms with E-state index in [2.05, 4.69) is 72.8 Å². The second-order valence-corrected chi connectivity index (χ2v) is 6.60. The van der Waals surface area contributed by atoms with Gasteiger partial charge in [0.1, 0.15) is 0 Å². The molecule has 2 bridgehead atoms. The van der Waals surface area contributed by atoms with E-state index in [1.54, 1.807) is 0 Å². The van der Waals surface area contributed by atoms with Gasteiger partial charge in [-0.05, 0) is 41.2 Å². The predicted octanol–water partition coefficient (Wildman–Crippen LogP) is 4.42. The van der Waals surface area contributed by atoms with Gasteiger partial charge in [-0.15, -0.1) is 0 Å². The molecule has 3 aliphatic carbocycles. The molecular weight excluding hydrogens is 240 g/mol. The molecule has 0 N–H and O–H groups in total. The molecule has 5 rings (SSSR count). The van der Waals surface area contributed by atoms with Gasteiger partial charge in [-0.2, -0.15) is 0 Å². The lowest BCUT2D eigenvalue weighted by Crippen LogP contribution is -2.20. The Morgan fingerprint density at radius 1 is 0.650 bits per heavy atom. The van der Waals surface area contributed by atoms with E-state index < -0.39 is 0 Å². The second-order valence-electron chi connectivity index (χ2n) is 6.60. The fourth-order valence-corrected chi connectivity index (χ4v) is 5.30. The Labute approximate surface area is 120 Å². The highest BCUT2D eigenvalue weighted by atomic mass is 14.8. The van der Waals surface area contributed by atoms with E-state index in [0.29, 0.717) is 5.41 Å². The highest BCUT2D eigenvalue weighted by molar-refractivity contribution is 5.53. The molecule has 20 heavy (non-hydrogen) atoms. The third-order valence-corrected chi connectivity index (χ3v) is 5.90. The molecule has 2 saturated carbocycles. The van der Waals surface area contributed by atoms with Crippen molar-refractivity contribution < 1.29 is 0 Å². The summed E-state index contributed by atoms with van der Waals surface area (Å²) in [4.78, 5) is 0. The van der Waals surface area contributed by atoms with Crippen LogP contribution in [0.25, 0.3) is 0 Å². The van der Waals surface area contributed by atoms with Crippen LogP contribution >= 0.6 is 0 Å². The van der Waals surface area contributed by atoms with Gasteiger partial charge in [0.2, 0.25) is 0 Å². The normalized spacial score (nSPS) is 35.0. The van der Waals surface area contributed by atoms with Crippen LogP contribution in [0.1, 0.15) is 17.5 Å². The molecule has 4 atom stereocenters. The Morgan fingerprint density at radius 2 is 1.10 bits per heavy atom. The van der Waals surface area contributed by atoms with Crippen molar-refractivity contribution in [1.29, 1.82) is 0 Å². The van der Waals surface area contributed by atoms with E-state index in [1.165, 1.54) is 17.5 Å². The van der Waals surface area contributed by atoms with Gasteiger partial charge >= 0.3 is 0 Å². The minimum absolute atomic E-state index is 0.291. The lowest BCUT2D eigenvalue weighted by atomic mass is 9.78. The van der Waals surface area contributed by atoms with Crippen molar-refractivity contribution in [3.8, 4) is 0 Å². The molecule has 0 aromatic heterocycles. The molecule has 2 aromatic carbocycles. The van der Waals surface area contributed by atoms with Crippen molar-refractivity contribution in [2.75, 3.05) is 0 Å². The maximum Gasteiger partial charge on any atom is 0.0277 e. The van der Waals surface area contributed by atoms with Crippen molar-refractivity contribution in [2.45, 2.75) is 11.8 Å². The van der Waals surface area contributed by atoms with Crippen molar-refractivity contribution in [3.63, 3.8) is 0 Å². The van der Waals surface area contributed by atoms with E-state index >= 15 is 0 Å². The molecule has 0 saturated heterocycles. The third kappa shape index (κ3) is 1.14. The Hall–Kier alpha value is -1.82. The first-order valence-corrected chi connectivity index (χ1v) is 7.72. The summed E-state index contributed by atoms with van der Waals surface area (Å²) in [5.41, 5.74) is 3.35. The van der Waals surface area contributed by atoms with Crippen molar-refractivity contribution in [3.05, 3.63) is 83.9 Å². The average Bonchev–Trinajstić information content (AvgIpc) is 2.84. The monoisotopic (exact) mass is 258 g/mol. The van der Waals surface area contributed by atoms with Gasteiger partial charge < -0.3 is 0 Å². The summed E-state index contributed by atoms with van der Waals surface area (Å²) in [5.74, 6) is 3.29. The lowest BCUT2D eigenvalue weighted by Gasteiger charge is -2.25. The standard InChI is InChI=1S/C20H18/c1-3-7-16(8-4-1)20(17-9-5-2-6-10-17)18-14-11-12-15(13-14)19(18)20/h1-12,14-15,18-19H,13H2/t14-,15-,18-,19-/m0/s1. The fourth-order valence-electron chi connectivity index (χ4n) is 5.30. The number of fused-ring (bicyclic) bond motifs is 5. The van der Waals surface area contributed by atoms with Crippen molar-refractivity contribution in [2.24, 2.45) is 23.7 Å². The van der Waals surface area contributed by atoms with Crippen LogP contribution in [0.5, 0.6) is 0 Å². The van der Waals surface area contributed by atoms with Crippen LogP contribution in [0, 0.1) is 23.7 Å². The van der Waals surface area contributed by atoms with E-state index in [4.69, 9.17) is 0 Å². The maximum atomic E-state index is 2.49. The zero-order valence-electron chi connectivity index (χ0n) is 11.4. The average molecular weight is 258 g/mol. The van der Waals surface area contributed by atoms with Crippen LogP contribution in [0.2, 0.25) is 0 Å². The summed E-state index contributed by atoms with van der Waals surface area (Å²) in [6, 6.07) is 22.4. The molecule has 0 heterocycles. The SMILES string of the molecule is C1=C[C@H]2C[C@H]1[C@H]1[C@H]2C1(c1ccccc1)c1ccccc1. The quantitative estimate of drug-likeness (QED) is 0.699. The Morgan fingerprint density at radius 3 is 1.55 bits per heavy atom. The van der Waals surface area contributed by atoms with Crippen LogP contribution in [-0.2, 0) is 5.41 Å². The minimum atomic E-state index is 0.291. The summed E-state index contributed by atoms with van der Waals surface area (Å²) in [7, 11) is 0. The van der Waals surface area contributed by atoms with E-state index in [9.17, 15) is 0 Å². The number of benzene rings is 2. The largest absolute Gasteiger partial charge is 0.0848 e. The van der Waals surface area contributed by atoms with Gasteiger partial charge in [0.05, 0.1) is 0 Å². The predicted molar refractivity (Wildman–Crippen MR) is 81.4 cm³/mol. The summed E-state index contributed by atoms with van der Waals surface area (Å²) >= 11 is 0. The van der Waals surface area contributed by atoms with Gasteiger partial charge in [-0.25, -0.2) is 0 Å². The van der Waals surface area contributed by atoms with E-state index in [-0.39, 0.29) is 0 Å². The molecule has 2 aromatic rings. The Balaban J connectivity index is 1.71. The van der Waals surface area contributed by atoms with Crippen molar-refractivity contribution in [1.82, 2.24) is 0 Å². The molecule has 98 valence electrons. The number of rotatable bonds is 2. The molecule has 2 fully saturated rings. The summed E-state index contributed by atoms with van der Waals surface area (Å²) in [6.45, 7) is 0. The topological polar surface area (TPSA) is 0 Å². The maximum absolute atomic E-state index is 2.49. The highest BCUT2D eigenvalue weighted by Crippen LogP contribution is 2.76. The second kappa shape index (κ2) is 3.63. The molecule has 0 radical (unpaired) electrons. The van der Waals surface area contributed by atoms with Crippen LogP contribution in [0.4, 0.5) is 0 Å². The van der Waals surface area contributed by atoms with E-state index in [0.717, 1.165) is 23.7 Å². The number of hydrogen-bond acceptors (Lipinski definition) is 0. The van der Waals surface area contributed by atoms with Gasteiger partial charge in [0, 0.05) is 5.41 Å². The molecule has 0 heteroatoms. The number of hydrogen-bond donors (Lipinski definition) is 0. The first-order chi connectivity index (χ1) is 9.92. The smallest absolute Gasteiger partial charge is 0.0277 e. The molecule has 3 aliphatic rings. The van der Waals surface area contributed by atoms with Gasteiger partial charge in [0.25, 0.3) is 0 Å². The summed E-state index contributed by atoms with van der Waals surface area (Å²) in [6.07, 6.45) is 6.37. The summed E-state index contributed by atoms with van der Waals surface area (Å²) < 4.78 is 0. The number of allylic oxidation sites excluding steroid dienone is 2. The third-order valence-electron chi connectivity index (χ3n) is 5.90. The first-order valence-electron chi connectivity index (χ1n) is 7.72. The van der Waals surface area contributed by atoms with Gasteiger partial charge in [-0.3, -0.25) is 0 Å². The van der Waals surface area contributed by atoms with Gasteiger partial charge in [0.15, 0.2) is 0 Å². The van der Waals surface area contributed by atoms with Crippen LogP contribution in [0.3, 0.4) is 0 Å². The molecular formula is C20H18. The first kappa shape index (κ1) is 10.9. The van der Waals surface area contributed by atoms with Gasteiger partial charge in [-0.1, -0.05) is 72.8 Å². The van der Waals surface area contributed by atoms with E-state index in [1.807, 2.05) is 0 Å². The van der Waals surface area contributed by atoms with Crippen molar-refractivity contribution >= 4 is 0 Å². The van der Waals surface area contributed by atoms with Crippen LogP contribution in [0.15, 0.2) is 72.8 Å². The zero-order chi connectivity index (χ0) is 13.2. The Bertz CT molecular complexity index is 608. The Kier molecular flexibility index (Phi) is 1.98. The highest BCUT2D eigenvalue weighted by Gasteiger charge is 2.74. The molecule has 0 nitrogen and oxygen atoms in total.